The molecule has 0 spiro atoms. The number of carboxylic acids is 2. The van der Waals surface area contributed by atoms with Crippen molar-refractivity contribution < 1.29 is 83.7 Å². The number of hydrogen-bond donors (Lipinski definition) is 0. The summed E-state index contributed by atoms with van der Waals surface area (Å²) in [4.78, 5) is 23.2. The minimum atomic E-state index is -1.04. The van der Waals surface area contributed by atoms with Crippen LogP contribution in [0.2, 0.25) is 0 Å². The van der Waals surface area contributed by atoms with E-state index >= 15 is 0 Å². The van der Waals surface area contributed by atoms with Crippen molar-refractivity contribution in [3.63, 3.8) is 0 Å². The molecule has 0 N–H and O–H groups in total. The van der Waals surface area contributed by atoms with Crippen LogP contribution in [0.4, 0.5) is 0 Å². The fraction of sp³-hybridized carbons (Fsp3) is 0.879. The Morgan fingerprint density at radius 2 is 1.52 bits per heavy atom. The fourth-order valence-corrected chi connectivity index (χ4v) is 11.1. The number of carbonyl (C=O) groups is 2. The van der Waals surface area contributed by atoms with E-state index in [4.69, 9.17) is 4.74 Å². The summed E-state index contributed by atoms with van der Waals surface area (Å²) in [6, 6.07) is 0. The Labute approximate surface area is 287 Å². The normalized spacial score (nSPS) is 47.0. The summed E-state index contributed by atoms with van der Waals surface area (Å²) >= 11 is 0. The predicted octanol–water partition coefficient (Wildman–Crippen LogP) is -0.929. The van der Waals surface area contributed by atoms with Gasteiger partial charge in [0.25, 0.3) is 0 Å². The van der Waals surface area contributed by atoms with Crippen LogP contribution in [0.1, 0.15) is 119 Å². The van der Waals surface area contributed by atoms with E-state index in [0.717, 1.165) is 32.1 Å². The number of aliphatic carboxylic acids is 2. The molecule has 9 atom stereocenters. The SMILES string of the molecule is CC1(C(=O)[O-])CC[C@]2(C)CC[C@]3(C)C(=CCC4[C@@]5(C)CC[C@H](OCCC(=O)[O-])C(C)(C)C5CC[C@]43C)[C@@H]2C1.[Na+].[Na+]. The Kier molecular flexibility index (Phi) is 10.1. The van der Waals surface area contributed by atoms with Crippen LogP contribution in [0.5, 0.6) is 0 Å². The van der Waals surface area contributed by atoms with Crippen LogP contribution in [0, 0.1) is 50.2 Å². The molecule has 5 aliphatic carbocycles. The molecule has 0 heterocycles. The third kappa shape index (κ3) is 5.10. The van der Waals surface area contributed by atoms with Crippen LogP contribution in [0.15, 0.2) is 11.6 Å². The van der Waals surface area contributed by atoms with Crippen molar-refractivity contribution in [2.75, 3.05) is 6.61 Å². The Balaban J connectivity index is 0.00000220. The largest absolute Gasteiger partial charge is 1.00 e. The molecule has 214 valence electrons. The fourth-order valence-electron chi connectivity index (χ4n) is 11.1. The monoisotopic (exact) mass is 572 g/mol. The molecule has 5 rings (SSSR count). The van der Waals surface area contributed by atoms with Crippen LogP contribution in [0.3, 0.4) is 0 Å². The van der Waals surface area contributed by atoms with E-state index in [9.17, 15) is 19.8 Å². The Morgan fingerprint density at radius 3 is 2.15 bits per heavy atom. The molecule has 0 radical (unpaired) electrons. The molecule has 4 saturated carbocycles. The van der Waals surface area contributed by atoms with Gasteiger partial charge in [-0.1, -0.05) is 60.1 Å². The summed E-state index contributed by atoms with van der Waals surface area (Å²) in [6.07, 6.45) is 12.9. The number of ether oxygens (including phenoxy) is 1. The second kappa shape index (κ2) is 11.5. The van der Waals surface area contributed by atoms with Gasteiger partial charge in [-0.05, 0) is 109 Å². The Hall–Kier alpha value is 0.640. The summed E-state index contributed by atoms with van der Waals surface area (Å²) in [5, 5.41) is 23.2. The van der Waals surface area contributed by atoms with Crippen molar-refractivity contribution in [3.05, 3.63) is 11.6 Å². The molecule has 0 amide bonds. The van der Waals surface area contributed by atoms with Gasteiger partial charge in [-0.2, -0.15) is 0 Å². The van der Waals surface area contributed by atoms with Crippen molar-refractivity contribution in [1.82, 2.24) is 0 Å². The van der Waals surface area contributed by atoms with Crippen LogP contribution in [0.25, 0.3) is 0 Å². The maximum atomic E-state index is 12.2. The second-order valence-electron chi connectivity index (χ2n) is 15.9. The molecule has 0 aliphatic heterocycles. The first-order chi connectivity index (χ1) is 17.5. The van der Waals surface area contributed by atoms with Crippen molar-refractivity contribution in [1.29, 1.82) is 0 Å². The number of allylic oxidation sites excluding steroid dienone is 2. The zero-order valence-corrected chi connectivity index (χ0v) is 30.9. The molecule has 0 saturated heterocycles. The molecule has 0 bridgehead atoms. The van der Waals surface area contributed by atoms with E-state index in [1.54, 1.807) is 5.57 Å². The Bertz CT molecular complexity index is 1040. The number of carboxylic acid groups (broad SMARTS) is 2. The van der Waals surface area contributed by atoms with E-state index < -0.39 is 17.4 Å². The standard InChI is InChI=1S/C33H52O5.2Na/c1-28(2)23-10-14-33(7)24(31(23,5)13-11-25(28)38-19-12-26(34)35)9-8-21-22-20-30(4,27(36)37)16-15-29(22,3)17-18-32(21,33)6;;/h8,22-25H,9-20H2,1-7H3,(H,34,35)(H,36,37);;/q;2*+1/p-2/t22-,23?,24?,25-,29+,30?,31-,32+,33+;;/m0../s1. The van der Waals surface area contributed by atoms with Gasteiger partial charge in [-0.3, -0.25) is 0 Å². The van der Waals surface area contributed by atoms with E-state index in [1.807, 2.05) is 6.92 Å². The van der Waals surface area contributed by atoms with Crippen molar-refractivity contribution >= 4 is 11.9 Å². The molecule has 40 heavy (non-hydrogen) atoms. The molecular formula is C33H50Na2O5. The van der Waals surface area contributed by atoms with E-state index in [0.29, 0.717) is 24.2 Å². The van der Waals surface area contributed by atoms with E-state index in [2.05, 4.69) is 47.6 Å². The molecule has 4 fully saturated rings. The van der Waals surface area contributed by atoms with Gasteiger partial charge >= 0.3 is 59.1 Å². The summed E-state index contributed by atoms with van der Waals surface area (Å²) in [5.41, 5.74) is 1.47. The zero-order chi connectivity index (χ0) is 27.9. The number of hydrogen-bond acceptors (Lipinski definition) is 5. The van der Waals surface area contributed by atoms with Crippen LogP contribution < -0.4 is 69.3 Å². The van der Waals surface area contributed by atoms with E-state index in [-0.39, 0.29) is 105 Å². The van der Waals surface area contributed by atoms with Gasteiger partial charge in [0.2, 0.25) is 0 Å². The maximum Gasteiger partial charge on any atom is 1.00 e. The first-order valence-electron chi connectivity index (χ1n) is 15.3. The maximum absolute atomic E-state index is 12.2. The van der Waals surface area contributed by atoms with Gasteiger partial charge in [0, 0.05) is 23.8 Å². The molecule has 7 heteroatoms. The molecule has 3 unspecified atom stereocenters. The number of fused-ring (bicyclic) bond motifs is 7. The molecule has 0 aromatic heterocycles. The summed E-state index contributed by atoms with van der Waals surface area (Å²) in [7, 11) is 0. The molecule has 5 nitrogen and oxygen atoms in total. The number of carbonyl (C=O) groups excluding carboxylic acids is 2. The van der Waals surface area contributed by atoms with Crippen molar-refractivity contribution in [3.8, 4) is 0 Å². The molecular weight excluding hydrogens is 522 g/mol. The molecule has 5 aliphatic rings. The van der Waals surface area contributed by atoms with Crippen LogP contribution in [-0.2, 0) is 14.3 Å². The van der Waals surface area contributed by atoms with Crippen molar-refractivity contribution in [2.24, 2.45) is 50.2 Å². The first kappa shape index (κ1) is 35.1. The summed E-state index contributed by atoms with van der Waals surface area (Å²) < 4.78 is 6.19. The molecule has 0 aromatic rings. The minimum absolute atomic E-state index is 0. The third-order valence-corrected chi connectivity index (χ3v) is 13.9. The summed E-state index contributed by atoms with van der Waals surface area (Å²) in [6.45, 7) is 16.9. The van der Waals surface area contributed by atoms with Crippen LogP contribution >= 0.6 is 0 Å². The van der Waals surface area contributed by atoms with Gasteiger partial charge in [0.15, 0.2) is 0 Å². The van der Waals surface area contributed by atoms with Crippen LogP contribution in [-0.4, -0.2) is 24.6 Å². The van der Waals surface area contributed by atoms with Gasteiger partial charge < -0.3 is 24.5 Å². The van der Waals surface area contributed by atoms with Gasteiger partial charge in [-0.15, -0.1) is 0 Å². The average molecular weight is 573 g/mol. The zero-order valence-electron chi connectivity index (χ0n) is 26.9. The first-order valence-corrected chi connectivity index (χ1v) is 15.3. The number of rotatable bonds is 5. The minimum Gasteiger partial charge on any atom is -0.550 e. The third-order valence-electron chi connectivity index (χ3n) is 13.9. The summed E-state index contributed by atoms with van der Waals surface area (Å²) in [5.74, 6) is -0.493. The quantitative estimate of drug-likeness (QED) is 0.314. The second-order valence-corrected chi connectivity index (χ2v) is 15.9. The molecule has 0 aromatic carbocycles. The van der Waals surface area contributed by atoms with Gasteiger partial charge in [0.05, 0.1) is 12.7 Å². The Morgan fingerprint density at radius 1 is 0.875 bits per heavy atom. The van der Waals surface area contributed by atoms with E-state index in [1.165, 1.54) is 25.7 Å². The topological polar surface area (TPSA) is 89.5 Å². The predicted molar refractivity (Wildman–Crippen MR) is 143 cm³/mol. The smallest absolute Gasteiger partial charge is 0.550 e. The van der Waals surface area contributed by atoms with Gasteiger partial charge in [0.1, 0.15) is 0 Å². The van der Waals surface area contributed by atoms with Crippen molar-refractivity contribution in [2.45, 2.75) is 125 Å². The van der Waals surface area contributed by atoms with Gasteiger partial charge in [-0.25, -0.2) is 0 Å². The average Bonchev–Trinajstić information content (AvgIpc) is 2.82.